The third kappa shape index (κ3) is 7.31. The standard InChI is InChI=1S/C37H40N4O7/c1-23-20-29-30(21-28(23)36(46)47-6)41(24(2)42)35(45)32(29)33(25-10-8-7-9-11-25)38-27-14-12-26(13-15-27)34(44)40-18-16-39(17-19-40)22-31(43)48-37(3,4)5/h7-15,20-21,38H,16-19,22H2,1-6H3/b33-32-. The summed E-state index contributed by atoms with van der Waals surface area (Å²) in [6.07, 6.45) is 0. The van der Waals surface area contributed by atoms with E-state index in [0.717, 1.165) is 4.90 Å². The van der Waals surface area contributed by atoms with Crippen molar-refractivity contribution in [3.05, 3.63) is 94.5 Å². The van der Waals surface area contributed by atoms with Crippen LogP contribution in [0.25, 0.3) is 11.3 Å². The van der Waals surface area contributed by atoms with Gasteiger partial charge in [-0.15, -0.1) is 0 Å². The summed E-state index contributed by atoms with van der Waals surface area (Å²) in [5.41, 5.74) is 3.69. The quantitative estimate of drug-likeness (QED) is 0.284. The fourth-order valence-corrected chi connectivity index (χ4v) is 5.87. The number of benzene rings is 3. The van der Waals surface area contributed by atoms with Crippen LogP contribution in [0.5, 0.6) is 0 Å². The molecule has 0 aliphatic carbocycles. The number of nitrogens with one attached hydrogen (secondary N) is 1. The van der Waals surface area contributed by atoms with E-state index in [1.807, 2.05) is 56.0 Å². The van der Waals surface area contributed by atoms with Crippen LogP contribution in [0.3, 0.4) is 0 Å². The topological polar surface area (TPSA) is 126 Å². The molecule has 250 valence electrons. The number of anilines is 2. The maximum atomic E-state index is 13.9. The number of carbonyl (C=O) groups is 5. The van der Waals surface area contributed by atoms with E-state index in [4.69, 9.17) is 9.47 Å². The van der Waals surface area contributed by atoms with Crippen LogP contribution < -0.4 is 10.2 Å². The zero-order chi connectivity index (χ0) is 34.7. The SMILES string of the molecule is COC(=O)c1cc2c(cc1C)/C(=C(/Nc1ccc(C(=O)N3CCN(CC(=O)OC(C)(C)C)CC3)cc1)c1ccccc1)C(=O)N2C(C)=O. The fraction of sp³-hybridized carbons (Fsp3) is 0.324. The molecule has 2 heterocycles. The van der Waals surface area contributed by atoms with Crippen molar-refractivity contribution in [2.75, 3.05) is 50.1 Å². The second-order valence-electron chi connectivity index (χ2n) is 12.8. The Morgan fingerprint density at radius 3 is 2.10 bits per heavy atom. The smallest absolute Gasteiger partial charge is 0.338 e. The zero-order valence-electron chi connectivity index (χ0n) is 28.1. The van der Waals surface area contributed by atoms with Gasteiger partial charge in [-0.05, 0) is 75.2 Å². The fourth-order valence-electron chi connectivity index (χ4n) is 5.87. The van der Waals surface area contributed by atoms with Gasteiger partial charge in [-0.3, -0.25) is 24.1 Å². The Balaban J connectivity index is 1.40. The molecule has 0 aromatic heterocycles. The number of rotatable bonds is 7. The Kier molecular flexibility index (Phi) is 9.81. The molecule has 3 amide bonds. The Labute approximate surface area is 280 Å². The zero-order valence-corrected chi connectivity index (χ0v) is 28.1. The monoisotopic (exact) mass is 652 g/mol. The number of aryl methyl sites for hydroxylation is 1. The largest absolute Gasteiger partial charge is 0.465 e. The molecule has 11 nitrogen and oxygen atoms in total. The molecule has 1 fully saturated rings. The molecule has 0 unspecified atom stereocenters. The number of hydrogen-bond donors (Lipinski definition) is 1. The van der Waals surface area contributed by atoms with Gasteiger partial charge in [0.15, 0.2) is 0 Å². The van der Waals surface area contributed by atoms with Gasteiger partial charge < -0.3 is 19.7 Å². The lowest BCUT2D eigenvalue weighted by Crippen LogP contribution is -2.50. The highest BCUT2D eigenvalue weighted by atomic mass is 16.6. The van der Waals surface area contributed by atoms with Gasteiger partial charge in [-0.1, -0.05) is 30.3 Å². The van der Waals surface area contributed by atoms with Crippen LogP contribution in [0.1, 0.15) is 65.1 Å². The molecule has 2 aliphatic rings. The summed E-state index contributed by atoms with van der Waals surface area (Å²) in [7, 11) is 1.28. The number of esters is 2. The van der Waals surface area contributed by atoms with Crippen molar-refractivity contribution in [3.63, 3.8) is 0 Å². The van der Waals surface area contributed by atoms with E-state index < -0.39 is 23.4 Å². The predicted octanol–water partition coefficient (Wildman–Crippen LogP) is 4.75. The van der Waals surface area contributed by atoms with Crippen LogP contribution in [-0.2, 0) is 23.9 Å². The second kappa shape index (κ2) is 13.8. The summed E-state index contributed by atoms with van der Waals surface area (Å²) < 4.78 is 10.3. The van der Waals surface area contributed by atoms with Crippen molar-refractivity contribution in [2.24, 2.45) is 0 Å². The number of piperazine rings is 1. The molecule has 0 bridgehead atoms. The van der Waals surface area contributed by atoms with Crippen LogP contribution >= 0.6 is 0 Å². The summed E-state index contributed by atoms with van der Waals surface area (Å²) in [6.45, 7) is 10.8. The van der Waals surface area contributed by atoms with E-state index in [-0.39, 0.29) is 29.6 Å². The Bertz CT molecular complexity index is 1780. The van der Waals surface area contributed by atoms with Gasteiger partial charge in [-0.2, -0.15) is 0 Å². The molecule has 0 saturated carbocycles. The molecule has 1 N–H and O–H groups in total. The van der Waals surface area contributed by atoms with E-state index in [1.165, 1.54) is 20.1 Å². The number of fused-ring (bicyclic) bond motifs is 1. The van der Waals surface area contributed by atoms with Crippen LogP contribution in [0, 0.1) is 6.92 Å². The Hall–Kier alpha value is -5.29. The first-order valence-electron chi connectivity index (χ1n) is 15.8. The molecule has 3 aromatic rings. The molecule has 3 aromatic carbocycles. The highest BCUT2D eigenvalue weighted by molar-refractivity contribution is 6.44. The molecule has 0 atom stereocenters. The average Bonchev–Trinajstić information content (AvgIpc) is 3.33. The highest BCUT2D eigenvalue weighted by Crippen LogP contribution is 2.43. The Morgan fingerprint density at radius 1 is 0.875 bits per heavy atom. The van der Waals surface area contributed by atoms with E-state index >= 15 is 0 Å². The van der Waals surface area contributed by atoms with Crippen molar-refractivity contribution in [2.45, 2.75) is 40.2 Å². The van der Waals surface area contributed by atoms with Crippen molar-refractivity contribution in [1.82, 2.24) is 9.80 Å². The lowest BCUT2D eigenvalue weighted by molar-refractivity contribution is -0.156. The first kappa shape index (κ1) is 34.1. The molecule has 48 heavy (non-hydrogen) atoms. The third-order valence-corrected chi connectivity index (χ3v) is 8.14. The van der Waals surface area contributed by atoms with Crippen LogP contribution in [0.2, 0.25) is 0 Å². The first-order chi connectivity index (χ1) is 22.8. The molecule has 2 aliphatic heterocycles. The summed E-state index contributed by atoms with van der Waals surface area (Å²) in [6, 6.07) is 19.5. The lowest BCUT2D eigenvalue weighted by Gasteiger charge is -2.34. The number of carbonyl (C=O) groups excluding carboxylic acids is 5. The number of amides is 3. The molecular weight excluding hydrogens is 612 g/mol. The van der Waals surface area contributed by atoms with Crippen LogP contribution in [-0.4, -0.2) is 84.9 Å². The number of hydrogen-bond acceptors (Lipinski definition) is 9. The summed E-state index contributed by atoms with van der Waals surface area (Å²) in [5, 5.41) is 3.38. The lowest BCUT2D eigenvalue weighted by atomic mass is 9.96. The third-order valence-electron chi connectivity index (χ3n) is 8.14. The average molecular weight is 653 g/mol. The van der Waals surface area contributed by atoms with E-state index in [1.54, 1.807) is 42.2 Å². The number of methoxy groups -OCH3 is 1. The van der Waals surface area contributed by atoms with Crippen molar-refractivity contribution in [3.8, 4) is 0 Å². The van der Waals surface area contributed by atoms with Gasteiger partial charge in [0, 0.05) is 49.9 Å². The van der Waals surface area contributed by atoms with Gasteiger partial charge in [0.1, 0.15) is 5.60 Å². The predicted molar refractivity (Wildman–Crippen MR) is 182 cm³/mol. The summed E-state index contributed by atoms with van der Waals surface area (Å²) in [4.78, 5) is 69.6. The van der Waals surface area contributed by atoms with Crippen LogP contribution in [0.4, 0.5) is 11.4 Å². The maximum absolute atomic E-state index is 13.9. The first-order valence-corrected chi connectivity index (χ1v) is 15.8. The van der Waals surface area contributed by atoms with Crippen molar-refractivity contribution in [1.29, 1.82) is 0 Å². The van der Waals surface area contributed by atoms with Gasteiger partial charge in [0.25, 0.3) is 11.8 Å². The molecule has 0 radical (unpaired) electrons. The van der Waals surface area contributed by atoms with E-state index in [9.17, 15) is 24.0 Å². The number of imide groups is 1. The minimum absolute atomic E-state index is 0.117. The molecule has 1 saturated heterocycles. The molecule has 5 rings (SSSR count). The minimum atomic E-state index is -0.567. The van der Waals surface area contributed by atoms with E-state index in [2.05, 4.69) is 5.32 Å². The maximum Gasteiger partial charge on any atom is 0.338 e. The van der Waals surface area contributed by atoms with Crippen molar-refractivity contribution < 1.29 is 33.4 Å². The van der Waals surface area contributed by atoms with Crippen molar-refractivity contribution >= 4 is 52.3 Å². The summed E-state index contributed by atoms with van der Waals surface area (Å²) in [5.74, 6) is -1.98. The van der Waals surface area contributed by atoms with Gasteiger partial charge in [0.2, 0.25) is 5.91 Å². The molecule has 0 spiro atoms. The summed E-state index contributed by atoms with van der Waals surface area (Å²) >= 11 is 0. The highest BCUT2D eigenvalue weighted by Gasteiger charge is 2.39. The molecule has 11 heteroatoms. The number of nitrogens with zero attached hydrogens (tertiary/aromatic N) is 3. The van der Waals surface area contributed by atoms with E-state index in [0.29, 0.717) is 65.5 Å². The molecular formula is C37H40N4O7. The normalized spacial score (nSPS) is 15.9. The van der Waals surface area contributed by atoms with Gasteiger partial charge >= 0.3 is 11.9 Å². The second-order valence-corrected chi connectivity index (χ2v) is 12.8. The van der Waals surface area contributed by atoms with Gasteiger partial charge in [-0.25, -0.2) is 9.69 Å². The Morgan fingerprint density at radius 2 is 1.52 bits per heavy atom. The minimum Gasteiger partial charge on any atom is -0.465 e. The van der Waals surface area contributed by atoms with Gasteiger partial charge in [0.05, 0.1) is 36.2 Å². The number of ether oxygens (including phenoxy) is 2. The van der Waals surface area contributed by atoms with Crippen LogP contribution in [0.15, 0.2) is 66.7 Å².